The van der Waals surface area contributed by atoms with Crippen LogP contribution in [-0.4, -0.2) is 59.0 Å². The summed E-state index contributed by atoms with van der Waals surface area (Å²) in [6, 6.07) is 4.60. The van der Waals surface area contributed by atoms with Gasteiger partial charge in [-0.2, -0.15) is 0 Å². The van der Waals surface area contributed by atoms with Gasteiger partial charge in [-0.1, -0.05) is 6.07 Å². The lowest BCUT2D eigenvalue weighted by Gasteiger charge is -2.33. The third-order valence-corrected chi connectivity index (χ3v) is 4.90. The van der Waals surface area contributed by atoms with Crippen LogP contribution < -0.4 is 10.6 Å². The van der Waals surface area contributed by atoms with Gasteiger partial charge in [0.1, 0.15) is 11.6 Å². The van der Waals surface area contributed by atoms with Crippen LogP contribution in [0.3, 0.4) is 0 Å². The number of nitro groups is 1. The molecule has 1 aromatic carbocycles. The number of ether oxygens (including phenoxy) is 1. The fourth-order valence-corrected chi connectivity index (χ4v) is 3.28. The first-order valence-corrected chi connectivity index (χ1v) is 10.3. The fraction of sp³-hybridized carbons (Fsp3) is 0.571. The molecule has 31 heavy (non-hydrogen) atoms. The number of benzene rings is 1. The fourth-order valence-electron chi connectivity index (χ4n) is 3.28. The van der Waals surface area contributed by atoms with E-state index in [0.29, 0.717) is 19.6 Å². The van der Waals surface area contributed by atoms with E-state index in [4.69, 9.17) is 4.74 Å². The Kier molecular flexibility index (Phi) is 7.95. The van der Waals surface area contributed by atoms with Crippen LogP contribution in [0.25, 0.3) is 0 Å². The molecule has 1 unspecified atom stereocenters. The number of carbonyl (C=O) groups excluding carboxylic acids is 3. The number of rotatable bonds is 6. The normalized spacial score (nSPS) is 15.7. The van der Waals surface area contributed by atoms with Gasteiger partial charge in [0.25, 0.3) is 11.6 Å². The minimum atomic E-state index is -0.761. The molecular weight excluding hydrogens is 404 g/mol. The topological polar surface area (TPSA) is 131 Å². The zero-order valence-corrected chi connectivity index (χ0v) is 18.3. The van der Waals surface area contributed by atoms with E-state index in [1.54, 1.807) is 32.6 Å². The molecular formula is C21H30N4O6. The first-order valence-electron chi connectivity index (χ1n) is 10.3. The number of carbonyl (C=O) groups is 3. The number of nitrogens with zero attached hydrogens (tertiary/aromatic N) is 2. The van der Waals surface area contributed by atoms with Crippen LogP contribution in [0.4, 0.5) is 10.5 Å². The van der Waals surface area contributed by atoms with Gasteiger partial charge < -0.3 is 20.3 Å². The van der Waals surface area contributed by atoms with Crippen molar-refractivity contribution in [1.82, 2.24) is 15.5 Å². The smallest absolute Gasteiger partial charge is 0.407 e. The number of likely N-dealkylation sites (tertiary alicyclic amines) is 1. The van der Waals surface area contributed by atoms with E-state index < -0.39 is 28.6 Å². The molecule has 170 valence electrons. The van der Waals surface area contributed by atoms with Gasteiger partial charge in [0, 0.05) is 37.3 Å². The van der Waals surface area contributed by atoms with Crippen molar-refractivity contribution in [1.29, 1.82) is 0 Å². The molecule has 1 aliphatic heterocycles. The number of alkyl carbamates (subject to hydrolysis) is 1. The maximum Gasteiger partial charge on any atom is 0.407 e. The van der Waals surface area contributed by atoms with Crippen LogP contribution >= 0.6 is 0 Å². The van der Waals surface area contributed by atoms with Gasteiger partial charge >= 0.3 is 6.09 Å². The van der Waals surface area contributed by atoms with Gasteiger partial charge in [0.15, 0.2) is 0 Å². The predicted molar refractivity (Wildman–Crippen MR) is 114 cm³/mol. The van der Waals surface area contributed by atoms with Crippen LogP contribution in [-0.2, 0) is 9.53 Å². The molecule has 10 nitrogen and oxygen atoms in total. The molecule has 1 aromatic rings. The van der Waals surface area contributed by atoms with Crippen LogP contribution in [0.1, 0.15) is 50.9 Å². The van der Waals surface area contributed by atoms with Gasteiger partial charge in [0.05, 0.1) is 4.92 Å². The summed E-state index contributed by atoms with van der Waals surface area (Å²) >= 11 is 0. The molecule has 1 atom stereocenters. The van der Waals surface area contributed by atoms with E-state index in [9.17, 15) is 24.5 Å². The van der Waals surface area contributed by atoms with E-state index >= 15 is 0 Å². The lowest BCUT2D eigenvalue weighted by atomic mass is 9.96. The monoisotopic (exact) mass is 434 g/mol. The number of piperidine rings is 1. The molecule has 10 heteroatoms. The molecule has 0 bridgehead atoms. The standard InChI is InChI=1S/C21H30N4O6/c1-14(23-18(26)16-6-5-7-17(12-16)25(29)30)19(27)24-10-8-15(9-11-24)13-22-20(28)31-21(2,3)4/h5-7,12,14-15H,8-11,13H2,1-4H3,(H,22,28)(H,23,26). The SMILES string of the molecule is CC(NC(=O)c1cccc([N+](=O)[O-])c1)C(=O)N1CCC(CNC(=O)OC(C)(C)C)CC1. The summed E-state index contributed by atoms with van der Waals surface area (Å²) < 4.78 is 5.22. The molecule has 3 amide bonds. The Bertz CT molecular complexity index is 827. The highest BCUT2D eigenvalue weighted by Crippen LogP contribution is 2.18. The second-order valence-corrected chi connectivity index (χ2v) is 8.65. The quantitative estimate of drug-likeness (QED) is 0.522. The first-order chi connectivity index (χ1) is 14.5. The minimum Gasteiger partial charge on any atom is -0.444 e. The molecule has 0 spiro atoms. The maximum absolute atomic E-state index is 12.7. The molecule has 0 radical (unpaired) electrons. The summed E-state index contributed by atoms with van der Waals surface area (Å²) in [5.74, 6) is -0.510. The van der Waals surface area contributed by atoms with Crippen LogP contribution in [0, 0.1) is 16.0 Å². The average molecular weight is 434 g/mol. The third kappa shape index (κ3) is 7.54. The van der Waals surface area contributed by atoms with Crippen LogP contribution in [0.15, 0.2) is 24.3 Å². The summed E-state index contributed by atoms with van der Waals surface area (Å²) in [4.78, 5) is 48.8. The van der Waals surface area contributed by atoms with E-state index in [1.807, 2.05) is 0 Å². The Labute approximate surface area is 181 Å². The summed E-state index contributed by atoms with van der Waals surface area (Å²) in [6.07, 6.45) is 1.00. The molecule has 1 saturated heterocycles. The first kappa shape index (κ1) is 24.1. The Morgan fingerprint density at radius 1 is 1.26 bits per heavy atom. The predicted octanol–water partition coefficient (Wildman–Crippen LogP) is 2.48. The number of nitrogens with one attached hydrogen (secondary N) is 2. The van der Waals surface area contributed by atoms with Crippen molar-refractivity contribution in [2.75, 3.05) is 19.6 Å². The Hall–Kier alpha value is -3.17. The molecule has 1 fully saturated rings. The maximum atomic E-state index is 12.7. The zero-order chi connectivity index (χ0) is 23.2. The van der Waals surface area contributed by atoms with Gasteiger partial charge in [-0.25, -0.2) is 4.79 Å². The molecule has 1 aliphatic rings. The Morgan fingerprint density at radius 3 is 2.48 bits per heavy atom. The number of nitro benzene ring substituents is 1. The third-order valence-electron chi connectivity index (χ3n) is 4.90. The second-order valence-electron chi connectivity index (χ2n) is 8.65. The lowest BCUT2D eigenvalue weighted by Crippen LogP contribution is -2.50. The molecule has 0 aromatic heterocycles. The van der Waals surface area contributed by atoms with Crippen molar-refractivity contribution in [3.8, 4) is 0 Å². The molecule has 2 rings (SSSR count). The molecule has 0 aliphatic carbocycles. The highest BCUT2D eigenvalue weighted by atomic mass is 16.6. The van der Waals surface area contributed by atoms with E-state index in [2.05, 4.69) is 10.6 Å². The van der Waals surface area contributed by atoms with Crippen molar-refractivity contribution in [3.05, 3.63) is 39.9 Å². The van der Waals surface area contributed by atoms with Crippen molar-refractivity contribution in [3.63, 3.8) is 0 Å². The van der Waals surface area contributed by atoms with Crippen LogP contribution in [0.5, 0.6) is 0 Å². The highest BCUT2D eigenvalue weighted by molar-refractivity contribution is 5.97. The molecule has 2 N–H and O–H groups in total. The number of amides is 3. The van der Waals surface area contributed by atoms with E-state index in [1.165, 1.54) is 24.3 Å². The second kappa shape index (κ2) is 10.2. The van der Waals surface area contributed by atoms with Crippen molar-refractivity contribution >= 4 is 23.6 Å². The minimum absolute atomic E-state index is 0.126. The molecule has 0 saturated carbocycles. The van der Waals surface area contributed by atoms with Gasteiger partial charge in [0.2, 0.25) is 5.91 Å². The Morgan fingerprint density at radius 2 is 1.90 bits per heavy atom. The zero-order valence-electron chi connectivity index (χ0n) is 18.3. The van der Waals surface area contributed by atoms with Gasteiger partial charge in [-0.3, -0.25) is 19.7 Å². The van der Waals surface area contributed by atoms with E-state index in [-0.39, 0.29) is 23.1 Å². The van der Waals surface area contributed by atoms with Gasteiger partial charge in [-0.05, 0) is 52.5 Å². The highest BCUT2D eigenvalue weighted by Gasteiger charge is 2.28. The summed E-state index contributed by atoms with van der Waals surface area (Å²) in [7, 11) is 0. The number of hydrogen-bond donors (Lipinski definition) is 2. The van der Waals surface area contributed by atoms with Crippen LogP contribution in [0.2, 0.25) is 0 Å². The number of non-ortho nitro benzene ring substituents is 1. The average Bonchev–Trinajstić information content (AvgIpc) is 2.70. The van der Waals surface area contributed by atoms with E-state index in [0.717, 1.165) is 12.8 Å². The van der Waals surface area contributed by atoms with Crippen molar-refractivity contribution in [2.24, 2.45) is 5.92 Å². The number of hydrogen-bond acceptors (Lipinski definition) is 6. The van der Waals surface area contributed by atoms with Crippen molar-refractivity contribution < 1.29 is 24.0 Å². The summed E-state index contributed by atoms with van der Waals surface area (Å²) in [5.41, 5.74) is -0.611. The molecule has 1 heterocycles. The largest absolute Gasteiger partial charge is 0.444 e. The Balaban J connectivity index is 1.80. The summed E-state index contributed by atoms with van der Waals surface area (Å²) in [5, 5.41) is 16.2. The lowest BCUT2D eigenvalue weighted by molar-refractivity contribution is -0.384. The van der Waals surface area contributed by atoms with Crippen molar-refractivity contribution in [2.45, 2.75) is 52.2 Å². The summed E-state index contributed by atoms with van der Waals surface area (Å²) in [6.45, 7) is 8.53. The van der Waals surface area contributed by atoms with Gasteiger partial charge in [-0.15, -0.1) is 0 Å².